The van der Waals surface area contributed by atoms with Crippen molar-refractivity contribution >= 4 is 34.6 Å². The summed E-state index contributed by atoms with van der Waals surface area (Å²) in [5.41, 5.74) is 4.26. The van der Waals surface area contributed by atoms with Gasteiger partial charge in [0.05, 0.1) is 17.1 Å². The minimum Gasteiger partial charge on any atom is -0.406 e. The summed E-state index contributed by atoms with van der Waals surface area (Å²) in [4.78, 5) is 35.7. The molecule has 2 atom stereocenters. The van der Waals surface area contributed by atoms with E-state index in [0.717, 1.165) is 48.1 Å². The van der Waals surface area contributed by atoms with Crippen molar-refractivity contribution in [2.24, 2.45) is 4.99 Å². The number of anilines is 1. The number of carbonyl (C=O) groups excluding carboxylic acids is 2. The maximum atomic E-state index is 12.9. The van der Waals surface area contributed by atoms with E-state index < -0.39 is 12.4 Å². The first-order valence-electron chi connectivity index (χ1n) is 14.5. The molecule has 2 heterocycles. The number of hydrogen-bond acceptors (Lipinski definition) is 6. The number of nitrogens with one attached hydrogen (secondary N) is 1. The molecular weight excluding hydrogens is 605 g/mol. The number of ether oxygens (including phenoxy) is 1. The average molecular weight is 635 g/mol. The third kappa shape index (κ3) is 7.03. The van der Waals surface area contributed by atoms with E-state index in [0.29, 0.717) is 16.7 Å². The summed E-state index contributed by atoms with van der Waals surface area (Å²) in [7, 11) is 0. The Hall–Kier alpha value is -4.65. The Morgan fingerprint density at radius 1 is 1.07 bits per heavy atom. The molecule has 1 N–H and O–H groups in total. The number of aryl methyl sites for hydroxylation is 1. The second-order valence-electron chi connectivity index (χ2n) is 10.7. The van der Waals surface area contributed by atoms with Crippen LogP contribution in [-0.4, -0.2) is 50.0 Å². The molecule has 0 bridgehead atoms. The van der Waals surface area contributed by atoms with Crippen LogP contribution in [0, 0.1) is 0 Å². The van der Waals surface area contributed by atoms with Crippen LogP contribution in [0.4, 0.5) is 23.7 Å². The van der Waals surface area contributed by atoms with Crippen LogP contribution in [-0.2, 0) is 11.2 Å². The lowest BCUT2D eigenvalue weighted by Crippen LogP contribution is -2.34. The lowest BCUT2D eigenvalue weighted by molar-refractivity contribution is -0.274. The molecule has 2 aliphatic rings. The van der Waals surface area contributed by atoms with Gasteiger partial charge >= 0.3 is 12.4 Å². The van der Waals surface area contributed by atoms with E-state index in [-0.39, 0.29) is 29.4 Å². The molecule has 45 heavy (non-hydrogen) atoms. The highest BCUT2D eigenvalue weighted by Crippen LogP contribution is 2.36. The van der Waals surface area contributed by atoms with Crippen molar-refractivity contribution in [3.05, 3.63) is 90.3 Å². The Morgan fingerprint density at radius 2 is 1.82 bits per heavy atom. The third-order valence-electron chi connectivity index (χ3n) is 7.80. The molecule has 232 valence electrons. The number of aliphatic imine (C=N–C) groups is 1. The molecule has 13 heteroatoms. The van der Waals surface area contributed by atoms with Crippen LogP contribution in [0.1, 0.15) is 43.2 Å². The SMILES string of the molecule is CCc1ccccc1N1C(=O)CS/C1=N\C(=O)NC1CCC(c2ccc(-c3ncn(-c4ccc(OC(F)(F)F)cc4)n3)cc2)C1. The van der Waals surface area contributed by atoms with Crippen molar-refractivity contribution in [2.45, 2.75) is 50.9 Å². The van der Waals surface area contributed by atoms with Crippen LogP contribution in [0.3, 0.4) is 0 Å². The fourth-order valence-corrected chi connectivity index (χ4v) is 6.50. The van der Waals surface area contributed by atoms with Gasteiger partial charge in [-0.1, -0.05) is 61.2 Å². The summed E-state index contributed by atoms with van der Waals surface area (Å²) in [5, 5.41) is 7.89. The summed E-state index contributed by atoms with van der Waals surface area (Å²) >= 11 is 1.27. The van der Waals surface area contributed by atoms with E-state index in [9.17, 15) is 22.8 Å². The zero-order chi connectivity index (χ0) is 31.6. The molecule has 2 fully saturated rings. The van der Waals surface area contributed by atoms with Gasteiger partial charge in [0, 0.05) is 11.6 Å². The summed E-state index contributed by atoms with van der Waals surface area (Å²) < 4.78 is 42.7. The Kier molecular flexibility index (Phi) is 8.61. The van der Waals surface area contributed by atoms with Crippen molar-refractivity contribution in [2.75, 3.05) is 10.7 Å². The largest absolute Gasteiger partial charge is 0.573 e. The molecular formula is C32H29F3N6O3S. The zero-order valence-corrected chi connectivity index (χ0v) is 25.0. The number of nitrogens with zero attached hydrogens (tertiary/aromatic N) is 5. The first-order chi connectivity index (χ1) is 21.7. The number of para-hydroxylation sites is 1. The predicted molar refractivity (Wildman–Crippen MR) is 166 cm³/mol. The highest BCUT2D eigenvalue weighted by atomic mass is 32.2. The zero-order valence-electron chi connectivity index (χ0n) is 24.2. The number of halogens is 3. The third-order valence-corrected chi connectivity index (χ3v) is 8.73. The standard InChI is InChI=1S/C32H29F3N6O3S/c1-2-20-5-3-4-6-27(20)41-28(42)18-45-31(41)38-30(43)37-24-12-11-23(17-24)21-7-9-22(10-8-21)29-36-19-40(39-29)25-13-15-26(16-14-25)44-32(33,34)35/h3-10,13-16,19,23-24H,2,11-12,17-18H2,1H3,(H,37,43)/b38-31-. The van der Waals surface area contributed by atoms with E-state index in [1.165, 1.54) is 47.0 Å². The van der Waals surface area contributed by atoms with Gasteiger partial charge in [-0.15, -0.1) is 18.3 Å². The van der Waals surface area contributed by atoms with Gasteiger partial charge in [-0.3, -0.25) is 9.69 Å². The number of aromatic nitrogens is 3. The number of thioether (sulfide) groups is 1. The first kappa shape index (κ1) is 30.4. The summed E-state index contributed by atoms with van der Waals surface area (Å²) in [6.07, 6.45) is -0.00167. The van der Waals surface area contributed by atoms with E-state index >= 15 is 0 Å². The second kappa shape index (κ2) is 12.8. The highest BCUT2D eigenvalue weighted by Gasteiger charge is 2.33. The number of benzene rings is 3. The molecule has 1 aliphatic carbocycles. The number of alkyl halides is 3. The lowest BCUT2D eigenvalue weighted by atomic mass is 9.96. The van der Waals surface area contributed by atoms with E-state index in [2.05, 4.69) is 25.1 Å². The van der Waals surface area contributed by atoms with Crippen LogP contribution >= 0.6 is 11.8 Å². The summed E-state index contributed by atoms with van der Waals surface area (Å²) in [6.45, 7) is 2.02. The molecule has 6 rings (SSSR count). The Balaban J connectivity index is 1.06. The van der Waals surface area contributed by atoms with E-state index in [1.807, 2.05) is 55.5 Å². The molecule has 4 aromatic rings. The van der Waals surface area contributed by atoms with E-state index in [1.54, 1.807) is 4.90 Å². The van der Waals surface area contributed by atoms with Gasteiger partial charge in [-0.05, 0) is 73.1 Å². The lowest BCUT2D eigenvalue weighted by Gasteiger charge is -2.19. The molecule has 3 aromatic carbocycles. The molecule has 0 spiro atoms. The number of rotatable bonds is 7. The molecule has 3 amide bonds. The number of amidine groups is 1. The molecule has 2 unspecified atom stereocenters. The van der Waals surface area contributed by atoms with Gasteiger partial charge < -0.3 is 10.1 Å². The van der Waals surface area contributed by atoms with Crippen molar-refractivity contribution in [3.8, 4) is 22.8 Å². The molecule has 1 saturated heterocycles. The monoisotopic (exact) mass is 634 g/mol. The van der Waals surface area contributed by atoms with Gasteiger partial charge in [0.1, 0.15) is 12.1 Å². The number of amides is 3. The second-order valence-corrected chi connectivity index (χ2v) is 11.7. The van der Waals surface area contributed by atoms with Gasteiger partial charge in [-0.25, -0.2) is 14.5 Å². The molecule has 9 nitrogen and oxygen atoms in total. The maximum absolute atomic E-state index is 12.9. The van der Waals surface area contributed by atoms with Crippen molar-refractivity contribution in [3.63, 3.8) is 0 Å². The van der Waals surface area contributed by atoms with Gasteiger partial charge in [-0.2, -0.15) is 4.99 Å². The van der Waals surface area contributed by atoms with Gasteiger partial charge in [0.25, 0.3) is 0 Å². The predicted octanol–water partition coefficient (Wildman–Crippen LogP) is 6.88. The minimum absolute atomic E-state index is 0.0321. The molecule has 1 aliphatic heterocycles. The highest BCUT2D eigenvalue weighted by molar-refractivity contribution is 8.15. The van der Waals surface area contributed by atoms with Crippen LogP contribution in [0.5, 0.6) is 5.75 Å². The quantitative estimate of drug-likeness (QED) is 0.238. The Labute approximate surface area is 261 Å². The Morgan fingerprint density at radius 3 is 2.56 bits per heavy atom. The normalized spacial score (nSPS) is 19.3. The molecule has 1 aromatic heterocycles. The fourth-order valence-electron chi connectivity index (χ4n) is 5.64. The van der Waals surface area contributed by atoms with Crippen LogP contribution < -0.4 is 15.0 Å². The summed E-state index contributed by atoms with van der Waals surface area (Å²) in [6, 6.07) is 20.5. The number of urea groups is 1. The average Bonchev–Trinajstić information content (AvgIpc) is 3.78. The van der Waals surface area contributed by atoms with Crippen LogP contribution in [0.2, 0.25) is 0 Å². The topological polar surface area (TPSA) is 102 Å². The van der Waals surface area contributed by atoms with Crippen molar-refractivity contribution in [1.82, 2.24) is 20.1 Å². The Bertz CT molecular complexity index is 1720. The maximum Gasteiger partial charge on any atom is 0.573 e. The smallest absolute Gasteiger partial charge is 0.406 e. The van der Waals surface area contributed by atoms with Crippen molar-refractivity contribution < 1.29 is 27.5 Å². The summed E-state index contributed by atoms with van der Waals surface area (Å²) in [5.74, 6) is 0.582. The van der Waals surface area contributed by atoms with Gasteiger partial charge in [0.15, 0.2) is 11.0 Å². The van der Waals surface area contributed by atoms with Crippen LogP contribution in [0.15, 0.2) is 84.1 Å². The fraction of sp³-hybridized carbons (Fsp3) is 0.281. The van der Waals surface area contributed by atoms with Crippen LogP contribution in [0.25, 0.3) is 17.1 Å². The first-order valence-corrected chi connectivity index (χ1v) is 15.5. The number of hydrogen-bond donors (Lipinski definition) is 1. The van der Waals surface area contributed by atoms with Gasteiger partial charge in [0.2, 0.25) is 5.91 Å². The van der Waals surface area contributed by atoms with Crippen molar-refractivity contribution in [1.29, 1.82) is 0 Å². The molecule has 0 radical (unpaired) electrons. The molecule has 1 saturated carbocycles. The van der Waals surface area contributed by atoms with E-state index in [4.69, 9.17) is 0 Å². The number of carbonyl (C=O) groups is 2. The minimum atomic E-state index is -4.75.